The molecule has 1 amide bonds. The molecule has 1 aromatic heterocycles. The van der Waals surface area contributed by atoms with Crippen LogP contribution in [0.4, 0.5) is 5.82 Å². The zero-order chi connectivity index (χ0) is 14.5. The second kappa shape index (κ2) is 6.74. The summed E-state index contributed by atoms with van der Waals surface area (Å²) in [7, 11) is 0. The highest BCUT2D eigenvalue weighted by Gasteiger charge is 2.07. The quantitative estimate of drug-likeness (QED) is 0.931. The van der Waals surface area contributed by atoms with Crippen LogP contribution in [0.5, 0.6) is 5.75 Å². The maximum atomic E-state index is 11.6. The van der Waals surface area contributed by atoms with Crippen LogP contribution in [0.25, 0.3) is 0 Å². The Kier molecular flexibility index (Phi) is 5.00. The fraction of sp³-hybridized carbons (Fsp3) is 0.0833. The normalized spacial score (nSPS) is 10.2. The van der Waals surface area contributed by atoms with Crippen LogP contribution < -0.4 is 10.1 Å². The maximum absolute atomic E-state index is 11.6. The van der Waals surface area contributed by atoms with Crippen molar-refractivity contribution in [1.29, 1.82) is 0 Å². The number of nitrogens with one attached hydrogen (secondary N) is 1. The average molecular weight is 333 g/mol. The Labute approximate surface area is 129 Å². The number of hydrogen-bond donors (Lipinski definition) is 1. The molecule has 2 aromatic rings. The molecule has 0 unspecified atom stereocenters. The zero-order valence-corrected chi connectivity index (χ0v) is 12.2. The Morgan fingerprint density at radius 1 is 1.15 bits per heavy atom. The summed E-state index contributed by atoms with van der Waals surface area (Å²) in [6.07, 6.45) is 0. The maximum Gasteiger partial charge on any atom is 0.263 e. The smallest absolute Gasteiger partial charge is 0.263 e. The summed E-state index contributed by atoms with van der Waals surface area (Å²) < 4.78 is 5.27. The number of nitrogens with zero attached hydrogens (tertiary/aromatic N) is 2. The number of carbonyl (C=O) groups is 1. The molecule has 0 aliphatic rings. The first-order valence-corrected chi connectivity index (χ1v) is 6.55. The summed E-state index contributed by atoms with van der Waals surface area (Å²) in [4.78, 5) is 11.6. The third kappa shape index (κ3) is 4.23. The summed E-state index contributed by atoms with van der Waals surface area (Å²) >= 11 is 17.3. The standard InChI is InChI=1S/C12H8Cl3N3O2/c13-7-1-2-9(8(14)5-7)20-6-12(19)16-11-4-3-10(15)17-18-11/h1-5H,6H2,(H,16,18,19). The second-order valence-corrected chi connectivity index (χ2v) is 4.88. The molecule has 20 heavy (non-hydrogen) atoms. The SMILES string of the molecule is O=C(COc1ccc(Cl)cc1Cl)Nc1ccc(Cl)nn1. The number of aromatic nitrogens is 2. The molecule has 0 fully saturated rings. The largest absolute Gasteiger partial charge is 0.482 e. The van der Waals surface area contributed by atoms with Crippen LogP contribution in [0, 0.1) is 0 Å². The van der Waals surface area contributed by atoms with Crippen LogP contribution >= 0.6 is 34.8 Å². The van der Waals surface area contributed by atoms with E-state index in [-0.39, 0.29) is 17.6 Å². The van der Waals surface area contributed by atoms with E-state index in [0.29, 0.717) is 15.8 Å². The first kappa shape index (κ1) is 14.8. The Morgan fingerprint density at radius 2 is 1.95 bits per heavy atom. The van der Waals surface area contributed by atoms with Crippen LogP contribution in [0.2, 0.25) is 15.2 Å². The van der Waals surface area contributed by atoms with E-state index in [1.165, 1.54) is 18.2 Å². The minimum Gasteiger partial charge on any atom is -0.482 e. The van der Waals surface area contributed by atoms with Crippen LogP contribution in [0.3, 0.4) is 0 Å². The number of hydrogen-bond acceptors (Lipinski definition) is 4. The average Bonchev–Trinajstić information content (AvgIpc) is 2.40. The van der Waals surface area contributed by atoms with E-state index in [1.807, 2.05) is 0 Å². The lowest BCUT2D eigenvalue weighted by Crippen LogP contribution is -2.21. The predicted octanol–water partition coefficient (Wildman–Crippen LogP) is 3.45. The summed E-state index contributed by atoms with van der Waals surface area (Å²) in [6, 6.07) is 7.77. The Bertz CT molecular complexity index is 620. The Balaban J connectivity index is 1.90. The number of carbonyl (C=O) groups excluding carboxylic acids is 1. The fourth-order valence-corrected chi connectivity index (χ4v) is 1.86. The molecule has 1 N–H and O–H groups in total. The van der Waals surface area contributed by atoms with Gasteiger partial charge in [0.25, 0.3) is 5.91 Å². The molecule has 5 nitrogen and oxygen atoms in total. The topological polar surface area (TPSA) is 64.1 Å². The molecule has 0 saturated heterocycles. The van der Waals surface area contributed by atoms with Crippen molar-refractivity contribution in [2.75, 3.05) is 11.9 Å². The number of amides is 1. The molecule has 0 atom stereocenters. The van der Waals surface area contributed by atoms with E-state index in [4.69, 9.17) is 39.5 Å². The molecular weight excluding hydrogens is 325 g/mol. The molecule has 8 heteroatoms. The molecule has 0 aliphatic heterocycles. The number of benzene rings is 1. The summed E-state index contributed by atoms with van der Waals surface area (Å²) in [5, 5.41) is 10.9. The highest BCUT2D eigenvalue weighted by atomic mass is 35.5. The van der Waals surface area contributed by atoms with Gasteiger partial charge in [0.15, 0.2) is 17.6 Å². The van der Waals surface area contributed by atoms with Gasteiger partial charge in [0.1, 0.15) is 5.75 Å². The van der Waals surface area contributed by atoms with Gasteiger partial charge in [-0.1, -0.05) is 34.8 Å². The lowest BCUT2D eigenvalue weighted by molar-refractivity contribution is -0.118. The fourth-order valence-electron chi connectivity index (χ4n) is 1.30. The summed E-state index contributed by atoms with van der Waals surface area (Å²) in [6.45, 7) is -0.217. The number of rotatable bonds is 4. The van der Waals surface area contributed by atoms with Crippen LogP contribution in [0.15, 0.2) is 30.3 Å². The molecule has 0 radical (unpaired) electrons. The molecule has 1 heterocycles. The second-order valence-electron chi connectivity index (χ2n) is 3.65. The molecule has 2 rings (SSSR count). The van der Waals surface area contributed by atoms with Crippen LogP contribution in [-0.4, -0.2) is 22.7 Å². The van der Waals surface area contributed by atoms with Gasteiger partial charge in [-0.2, -0.15) is 0 Å². The van der Waals surface area contributed by atoms with Gasteiger partial charge in [0.2, 0.25) is 0 Å². The Hall–Kier alpha value is -1.56. The summed E-state index contributed by atoms with van der Waals surface area (Å²) in [5.41, 5.74) is 0. The number of anilines is 1. The first-order chi connectivity index (χ1) is 9.54. The molecule has 1 aromatic carbocycles. The predicted molar refractivity (Wildman–Crippen MR) is 77.6 cm³/mol. The van der Waals surface area contributed by atoms with Crippen molar-refractivity contribution in [1.82, 2.24) is 10.2 Å². The van der Waals surface area contributed by atoms with Gasteiger partial charge in [-0.15, -0.1) is 10.2 Å². The molecule has 0 bridgehead atoms. The minimum atomic E-state index is -0.396. The van der Waals surface area contributed by atoms with Crippen LogP contribution in [-0.2, 0) is 4.79 Å². The molecule has 104 valence electrons. The van der Waals surface area contributed by atoms with Gasteiger partial charge >= 0.3 is 0 Å². The lowest BCUT2D eigenvalue weighted by atomic mass is 10.3. The third-order valence-corrected chi connectivity index (χ3v) is 2.88. The van der Waals surface area contributed by atoms with E-state index in [0.717, 1.165) is 0 Å². The first-order valence-electron chi connectivity index (χ1n) is 5.41. The van der Waals surface area contributed by atoms with E-state index < -0.39 is 5.91 Å². The summed E-state index contributed by atoms with van der Waals surface area (Å²) in [5.74, 6) is 0.256. The Morgan fingerprint density at radius 3 is 2.60 bits per heavy atom. The van der Waals surface area contributed by atoms with E-state index in [2.05, 4.69) is 15.5 Å². The van der Waals surface area contributed by atoms with Crippen molar-refractivity contribution in [3.8, 4) is 5.75 Å². The van der Waals surface area contributed by atoms with Gasteiger partial charge in [-0.3, -0.25) is 4.79 Å². The van der Waals surface area contributed by atoms with E-state index >= 15 is 0 Å². The molecular formula is C12H8Cl3N3O2. The van der Waals surface area contributed by atoms with Crippen molar-refractivity contribution >= 4 is 46.5 Å². The monoisotopic (exact) mass is 331 g/mol. The molecule has 0 aliphatic carbocycles. The lowest BCUT2D eigenvalue weighted by Gasteiger charge is -2.08. The number of halogens is 3. The van der Waals surface area contributed by atoms with E-state index in [1.54, 1.807) is 12.1 Å². The van der Waals surface area contributed by atoms with Crippen molar-refractivity contribution in [2.45, 2.75) is 0 Å². The third-order valence-electron chi connectivity index (χ3n) is 2.15. The van der Waals surface area contributed by atoms with Crippen molar-refractivity contribution in [3.05, 3.63) is 45.5 Å². The van der Waals surface area contributed by atoms with Gasteiger partial charge in [-0.25, -0.2) is 0 Å². The van der Waals surface area contributed by atoms with Crippen LogP contribution in [0.1, 0.15) is 0 Å². The molecule has 0 saturated carbocycles. The van der Waals surface area contributed by atoms with Crippen molar-refractivity contribution in [3.63, 3.8) is 0 Å². The van der Waals surface area contributed by atoms with Crippen molar-refractivity contribution in [2.24, 2.45) is 0 Å². The highest BCUT2D eigenvalue weighted by molar-refractivity contribution is 6.35. The van der Waals surface area contributed by atoms with Gasteiger partial charge < -0.3 is 10.1 Å². The van der Waals surface area contributed by atoms with Gasteiger partial charge in [0, 0.05) is 5.02 Å². The van der Waals surface area contributed by atoms with Gasteiger partial charge in [-0.05, 0) is 30.3 Å². The zero-order valence-electron chi connectivity index (χ0n) is 9.94. The highest BCUT2D eigenvalue weighted by Crippen LogP contribution is 2.27. The van der Waals surface area contributed by atoms with E-state index in [9.17, 15) is 4.79 Å². The van der Waals surface area contributed by atoms with Gasteiger partial charge in [0.05, 0.1) is 5.02 Å². The van der Waals surface area contributed by atoms with Crippen molar-refractivity contribution < 1.29 is 9.53 Å². The molecule has 0 spiro atoms. The number of ether oxygens (including phenoxy) is 1. The minimum absolute atomic E-state index is 0.217.